The first kappa shape index (κ1) is 57.4. The fourth-order valence-electron chi connectivity index (χ4n) is 19.3. The number of furan rings is 5. The lowest BCUT2D eigenvalue weighted by atomic mass is 9.68. The molecular weight excluding hydrogens is 1260 g/mol. The molecule has 0 atom stereocenters. The second-order valence-corrected chi connectivity index (χ2v) is 29.7. The van der Waals surface area contributed by atoms with Crippen molar-refractivity contribution >= 4 is 143 Å². The van der Waals surface area contributed by atoms with E-state index in [4.69, 9.17) is 22.1 Å². The fourth-order valence-corrected chi connectivity index (χ4v) is 19.3. The number of rotatable bonds is 8. The van der Waals surface area contributed by atoms with Gasteiger partial charge in [0, 0.05) is 111 Å². The summed E-state index contributed by atoms with van der Waals surface area (Å²) in [6, 6.07) is 103. The van der Waals surface area contributed by atoms with Gasteiger partial charge in [0.2, 0.25) is 0 Å². The quantitative estimate of drug-likeness (QED) is 0.150. The van der Waals surface area contributed by atoms with Crippen LogP contribution >= 0.6 is 0 Å². The maximum absolute atomic E-state index is 7.06. The average molecular weight is 1330 g/mol. The zero-order chi connectivity index (χ0) is 67.2. The summed E-state index contributed by atoms with van der Waals surface area (Å²) in [5, 5.41) is 12.8. The van der Waals surface area contributed by atoms with Gasteiger partial charge in [0.25, 0.3) is 0 Å². The number of benzene rings is 14. The van der Waals surface area contributed by atoms with E-state index in [0.717, 1.165) is 192 Å². The number of fused-ring (bicyclic) bond motifs is 23. The lowest BCUT2D eigenvalue weighted by Crippen LogP contribution is -2.28. The van der Waals surface area contributed by atoms with Gasteiger partial charge in [-0.3, -0.25) is 0 Å². The van der Waals surface area contributed by atoms with Crippen molar-refractivity contribution in [1.82, 2.24) is 0 Å². The Kier molecular flexibility index (Phi) is 12.0. The van der Waals surface area contributed by atoms with Gasteiger partial charge in [0.05, 0.1) is 0 Å². The highest BCUT2D eigenvalue weighted by Gasteiger charge is 2.46. The highest BCUT2D eigenvalue weighted by atomic mass is 16.4. The molecule has 0 radical (unpaired) electrons. The maximum Gasteiger partial charge on any atom is 0.137 e. The summed E-state index contributed by atoms with van der Waals surface area (Å²) in [5.74, 6) is 1.73. The van der Waals surface area contributed by atoms with Crippen molar-refractivity contribution in [2.75, 3.05) is 9.80 Å². The van der Waals surface area contributed by atoms with E-state index in [1.807, 2.05) is 24.3 Å². The number of nitrogens with zero attached hydrogens (tertiary/aromatic N) is 2. The summed E-state index contributed by atoms with van der Waals surface area (Å²) >= 11 is 0. The first-order chi connectivity index (χ1) is 50.9. The Morgan fingerprint density at radius 3 is 1.00 bits per heavy atom. The van der Waals surface area contributed by atoms with E-state index < -0.39 is 0 Å². The normalized spacial score (nSPS) is 15.1. The van der Waals surface area contributed by atoms with Crippen LogP contribution in [0.2, 0.25) is 0 Å². The maximum atomic E-state index is 7.06. The molecule has 2 spiro atoms. The molecule has 23 rings (SSSR count). The van der Waals surface area contributed by atoms with Crippen LogP contribution in [0.15, 0.2) is 301 Å². The summed E-state index contributed by atoms with van der Waals surface area (Å²) in [7, 11) is 0. The van der Waals surface area contributed by atoms with E-state index in [1.165, 1.54) is 83.0 Å². The van der Waals surface area contributed by atoms with E-state index in [-0.39, 0.29) is 10.8 Å². The molecule has 0 aliphatic heterocycles. The van der Waals surface area contributed by atoms with Gasteiger partial charge >= 0.3 is 0 Å². The van der Waals surface area contributed by atoms with Crippen molar-refractivity contribution < 1.29 is 22.1 Å². The zero-order valence-electron chi connectivity index (χ0n) is 56.6. The van der Waals surface area contributed by atoms with Gasteiger partial charge in [-0.15, -0.1) is 0 Å². The minimum absolute atomic E-state index is 0.00531. The summed E-state index contributed by atoms with van der Waals surface area (Å²) in [5.41, 5.74) is 26.4. The Bertz CT molecular complexity index is 6340. The Morgan fingerprint density at radius 1 is 0.214 bits per heavy atom. The van der Waals surface area contributed by atoms with Gasteiger partial charge in [-0.1, -0.05) is 172 Å². The lowest BCUT2D eigenvalue weighted by molar-refractivity contribution is 0.353. The van der Waals surface area contributed by atoms with Crippen molar-refractivity contribution in [1.29, 1.82) is 0 Å². The average Bonchev–Trinajstić information content (AvgIpc) is 1.58. The highest BCUT2D eigenvalue weighted by molar-refractivity contribution is 6.19. The molecule has 5 heterocycles. The predicted octanol–water partition coefficient (Wildman–Crippen LogP) is 27.9. The Hall–Kier alpha value is -12.3. The molecule has 0 bridgehead atoms. The summed E-state index contributed by atoms with van der Waals surface area (Å²) in [6.07, 6.45) is 12.1. The van der Waals surface area contributed by atoms with Crippen LogP contribution in [0.25, 0.3) is 154 Å². The molecule has 2 saturated carbocycles. The molecule has 2 fully saturated rings. The third-order valence-electron chi connectivity index (χ3n) is 24.2. The Labute approximate surface area is 593 Å². The predicted molar refractivity (Wildman–Crippen MR) is 422 cm³/mol. The molecule has 0 N–H and O–H groups in total. The number of hydrogen-bond acceptors (Lipinski definition) is 7. The minimum atomic E-state index is -0.00531. The highest BCUT2D eigenvalue weighted by Crippen LogP contribution is 2.59. The van der Waals surface area contributed by atoms with E-state index >= 15 is 0 Å². The van der Waals surface area contributed by atoms with Crippen LogP contribution < -0.4 is 9.80 Å². The van der Waals surface area contributed by atoms with Gasteiger partial charge < -0.3 is 31.9 Å². The number of anilines is 6. The lowest BCUT2D eigenvalue weighted by Gasteiger charge is -2.36. The first-order valence-corrected chi connectivity index (χ1v) is 36.7. The van der Waals surface area contributed by atoms with Gasteiger partial charge in [0.15, 0.2) is 0 Å². The van der Waals surface area contributed by atoms with Crippen molar-refractivity contribution in [3.05, 3.63) is 301 Å². The number of hydrogen-bond donors (Lipinski definition) is 0. The van der Waals surface area contributed by atoms with Crippen LogP contribution in [-0.4, -0.2) is 0 Å². The zero-order valence-corrected chi connectivity index (χ0v) is 56.6. The van der Waals surface area contributed by atoms with Crippen LogP contribution in [0.5, 0.6) is 0 Å². The third-order valence-corrected chi connectivity index (χ3v) is 24.2. The van der Waals surface area contributed by atoms with E-state index in [9.17, 15) is 0 Å². The minimum Gasteiger partial charge on any atom is -0.456 e. The third kappa shape index (κ3) is 8.57. The molecule has 490 valence electrons. The molecule has 0 saturated heterocycles. The Morgan fingerprint density at radius 2 is 0.553 bits per heavy atom. The molecule has 19 aromatic rings. The molecule has 4 aliphatic carbocycles. The van der Waals surface area contributed by atoms with E-state index in [0.29, 0.717) is 0 Å². The fraction of sp³-hybridized carbons (Fsp3) is 0.125. The summed E-state index contributed by atoms with van der Waals surface area (Å²) in [4.78, 5) is 4.86. The molecule has 7 heteroatoms. The second kappa shape index (κ2) is 21.6. The monoisotopic (exact) mass is 1330 g/mol. The van der Waals surface area contributed by atoms with Crippen LogP contribution in [0, 0.1) is 0 Å². The molecular formula is C96H66N2O5. The topological polar surface area (TPSA) is 72.2 Å². The van der Waals surface area contributed by atoms with Crippen molar-refractivity contribution in [3.8, 4) is 44.9 Å². The van der Waals surface area contributed by atoms with E-state index in [2.05, 4.69) is 265 Å². The molecule has 0 amide bonds. The van der Waals surface area contributed by atoms with E-state index in [1.54, 1.807) is 0 Å². The molecule has 0 unspecified atom stereocenters. The molecule has 4 aliphatic rings. The standard InChI is InChI=1S/C96H66N2O5/c1-11-39-95(40-12-1)81-19-7-5-17-71(81)73-35-31-67(49-83(73)95)97(65-29-27-57-43-63(25-23-59(57)45-65)87-47-61-15-3-9-21-85(61)99-87)69-33-37-75-77-53-93-79(55-91(77)101-89(75)51-69)80-56-92-78(54-94(80)103-93)76-38-34-70(52-90(76)102-92)98(68-32-36-74-72-18-6-8-20-82(72)96(84(74)50-68)41-13-2-14-42-96)66-30-28-58-44-64(26-24-60(58)46-66)88-48-62-16-4-10-22-86(62)100-88/h3-10,15-38,43-56H,1-2,11-14,39-42H2. The molecule has 14 aromatic carbocycles. The summed E-state index contributed by atoms with van der Waals surface area (Å²) < 4.78 is 33.8. The van der Waals surface area contributed by atoms with Gasteiger partial charge in [-0.2, -0.15) is 0 Å². The summed E-state index contributed by atoms with van der Waals surface area (Å²) in [6.45, 7) is 0. The van der Waals surface area contributed by atoms with Gasteiger partial charge in [-0.05, 0) is 225 Å². The van der Waals surface area contributed by atoms with Crippen molar-refractivity contribution in [2.45, 2.75) is 75.0 Å². The molecule has 7 nitrogen and oxygen atoms in total. The molecule has 103 heavy (non-hydrogen) atoms. The number of para-hydroxylation sites is 2. The van der Waals surface area contributed by atoms with Crippen LogP contribution in [0.3, 0.4) is 0 Å². The van der Waals surface area contributed by atoms with Crippen molar-refractivity contribution in [3.63, 3.8) is 0 Å². The largest absolute Gasteiger partial charge is 0.456 e. The molecule has 5 aromatic heterocycles. The van der Waals surface area contributed by atoms with Crippen molar-refractivity contribution in [2.24, 2.45) is 0 Å². The smallest absolute Gasteiger partial charge is 0.137 e. The van der Waals surface area contributed by atoms with Crippen LogP contribution in [0.1, 0.15) is 86.5 Å². The second-order valence-electron chi connectivity index (χ2n) is 29.7. The van der Waals surface area contributed by atoms with Crippen LogP contribution in [0.4, 0.5) is 34.1 Å². The van der Waals surface area contributed by atoms with Gasteiger partial charge in [-0.25, -0.2) is 0 Å². The Balaban J connectivity index is 0.626. The first-order valence-electron chi connectivity index (χ1n) is 36.7. The SMILES string of the molecule is c1ccc2c(c1)-c1ccc(N(c3ccc4cc(-c5cc6ccccc6o5)ccc4c3)c3ccc4c(c3)oc3cc5c(cc34)oc3cc4c(cc35)oc3cc(N(c5ccc6c(c5)C5(CCCCC5)c5ccccc5-6)c5ccc6cc(-c7cc8ccccc8o7)ccc6c5)ccc34)cc1C21CCCCC1. The van der Waals surface area contributed by atoms with Gasteiger partial charge in [0.1, 0.15) is 56.2 Å². The van der Waals surface area contributed by atoms with Crippen LogP contribution in [-0.2, 0) is 10.8 Å².